The quantitative estimate of drug-likeness (QED) is 0.874. The molecule has 2 aromatic carbocycles. The summed E-state index contributed by atoms with van der Waals surface area (Å²) >= 11 is 0. The standard InChI is InChI=1S/C14H15NO3S/c16-14(12-7-3-1-4-8-12)11-15-19(17,18)13-9-5-2-6-10-13/h1-10,14-16H,11H2/t14-/m0/s1. The van der Waals surface area contributed by atoms with Crippen LogP contribution >= 0.6 is 0 Å². The first-order valence-electron chi connectivity index (χ1n) is 5.87. The largest absolute Gasteiger partial charge is 0.387 e. The first-order chi connectivity index (χ1) is 9.09. The topological polar surface area (TPSA) is 66.4 Å². The van der Waals surface area contributed by atoms with Crippen LogP contribution < -0.4 is 4.72 Å². The number of benzene rings is 2. The van der Waals surface area contributed by atoms with Gasteiger partial charge in [-0.1, -0.05) is 48.5 Å². The molecule has 4 nitrogen and oxygen atoms in total. The molecule has 0 unspecified atom stereocenters. The molecule has 2 rings (SSSR count). The Hall–Kier alpha value is -1.69. The molecule has 0 spiro atoms. The Morgan fingerprint density at radius 1 is 0.947 bits per heavy atom. The molecular formula is C14H15NO3S. The average molecular weight is 277 g/mol. The first kappa shape index (κ1) is 13.7. The molecule has 0 saturated carbocycles. The van der Waals surface area contributed by atoms with Crippen LogP contribution in [0.5, 0.6) is 0 Å². The summed E-state index contributed by atoms with van der Waals surface area (Å²) < 4.78 is 26.3. The first-order valence-corrected chi connectivity index (χ1v) is 7.35. The second-order valence-electron chi connectivity index (χ2n) is 4.09. The Balaban J connectivity index is 2.03. The molecule has 2 N–H and O–H groups in total. The second kappa shape index (κ2) is 5.97. The Labute approximate surface area is 112 Å². The molecule has 2 aromatic rings. The van der Waals surface area contributed by atoms with Crippen LogP contribution in [-0.2, 0) is 10.0 Å². The van der Waals surface area contributed by atoms with E-state index in [2.05, 4.69) is 4.72 Å². The van der Waals surface area contributed by atoms with Gasteiger partial charge in [-0.05, 0) is 17.7 Å². The van der Waals surface area contributed by atoms with E-state index in [0.717, 1.165) is 0 Å². The molecule has 0 saturated heterocycles. The molecule has 19 heavy (non-hydrogen) atoms. The SMILES string of the molecule is O=S(=O)(NC[C@H](O)c1ccccc1)c1ccccc1. The summed E-state index contributed by atoms with van der Waals surface area (Å²) in [6, 6.07) is 17.0. The van der Waals surface area contributed by atoms with E-state index in [9.17, 15) is 13.5 Å². The highest BCUT2D eigenvalue weighted by molar-refractivity contribution is 7.89. The molecule has 100 valence electrons. The van der Waals surface area contributed by atoms with Gasteiger partial charge in [-0.25, -0.2) is 13.1 Å². The van der Waals surface area contributed by atoms with E-state index in [-0.39, 0.29) is 11.4 Å². The van der Waals surface area contributed by atoms with Gasteiger partial charge in [0, 0.05) is 6.54 Å². The van der Waals surface area contributed by atoms with Crippen molar-refractivity contribution in [1.82, 2.24) is 4.72 Å². The lowest BCUT2D eigenvalue weighted by molar-refractivity contribution is 0.182. The van der Waals surface area contributed by atoms with Crippen LogP contribution in [0.4, 0.5) is 0 Å². The summed E-state index contributed by atoms with van der Waals surface area (Å²) in [4.78, 5) is 0.190. The van der Waals surface area contributed by atoms with Crippen LogP contribution in [0, 0.1) is 0 Å². The number of rotatable bonds is 5. The van der Waals surface area contributed by atoms with Gasteiger partial charge in [-0.15, -0.1) is 0 Å². The second-order valence-corrected chi connectivity index (χ2v) is 5.86. The van der Waals surface area contributed by atoms with Gasteiger partial charge in [-0.3, -0.25) is 0 Å². The smallest absolute Gasteiger partial charge is 0.240 e. The number of aliphatic hydroxyl groups is 1. The van der Waals surface area contributed by atoms with Crippen molar-refractivity contribution in [2.24, 2.45) is 0 Å². The summed E-state index contributed by atoms with van der Waals surface area (Å²) in [7, 11) is -3.57. The van der Waals surface area contributed by atoms with E-state index in [1.807, 2.05) is 6.07 Å². The third-order valence-electron chi connectivity index (χ3n) is 2.70. The van der Waals surface area contributed by atoms with E-state index >= 15 is 0 Å². The Bertz CT molecular complexity index is 612. The highest BCUT2D eigenvalue weighted by Crippen LogP contribution is 2.13. The minimum atomic E-state index is -3.57. The van der Waals surface area contributed by atoms with Gasteiger partial charge >= 0.3 is 0 Å². The number of aliphatic hydroxyl groups excluding tert-OH is 1. The van der Waals surface area contributed by atoms with Crippen molar-refractivity contribution in [2.45, 2.75) is 11.0 Å². The van der Waals surface area contributed by atoms with Crippen molar-refractivity contribution < 1.29 is 13.5 Å². The van der Waals surface area contributed by atoms with Crippen LogP contribution in [0.2, 0.25) is 0 Å². The van der Waals surface area contributed by atoms with E-state index in [4.69, 9.17) is 0 Å². The van der Waals surface area contributed by atoms with E-state index in [1.165, 1.54) is 12.1 Å². The molecular weight excluding hydrogens is 262 g/mol. The zero-order valence-electron chi connectivity index (χ0n) is 10.2. The third-order valence-corrected chi connectivity index (χ3v) is 4.14. The minimum absolute atomic E-state index is 0.0543. The van der Waals surface area contributed by atoms with E-state index < -0.39 is 16.1 Å². The number of sulfonamides is 1. The van der Waals surface area contributed by atoms with Gasteiger partial charge in [0.15, 0.2) is 0 Å². The van der Waals surface area contributed by atoms with Crippen LogP contribution in [-0.4, -0.2) is 20.1 Å². The number of hydrogen-bond acceptors (Lipinski definition) is 3. The molecule has 0 amide bonds. The average Bonchev–Trinajstić information content (AvgIpc) is 2.47. The van der Waals surface area contributed by atoms with Crippen LogP contribution in [0.25, 0.3) is 0 Å². The maximum absolute atomic E-state index is 11.9. The van der Waals surface area contributed by atoms with Gasteiger partial charge < -0.3 is 5.11 Å². The van der Waals surface area contributed by atoms with Gasteiger partial charge in [0.05, 0.1) is 11.0 Å². The van der Waals surface area contributed by atoms with Crippen molar-refractivity contribution >= 4 is 10.0 Å². The Morgan fingerprint density at radius 2 is 1.47 bits per heavy atom. The van der Waals surface area contributed by atoms with Crippen LogP contribution in [0.1, 0.15) is 11.7 Å². The molecule has 0 fully saturated rings. The van der Waals surface area contributed by atoms with Gasteiger partial charge in [-0.2, -0.15) is 0 Å². The fourth-order valence-electron chi connectivity index (χ4n) is 1.66. The summed E-state index contributed by atoms with van der Waals surface area (Å²) in [5, 5.41) is 9.90. The summed E-state index contributed by atoms with van der Waals surface area (Å²) in [5.74, 6) is 0. The maximum Gasteiger partial charge on any atom is 0.240 e. The lowest BCUT2D eigenvalue weighted by Gasteiger charge is -2.12. The molecule has 0 aliphatic carbocycles. The maximum atomic E-state index is 11.9. The fourth-order valence-corrected chi connectivity index (χ4v) is 2.72. The molecule has 0 aromatic heterocycles. The van der Waals surface area contributed by atoms with Crippen molar-refractivity contribution in [3.05, 3.63) is 66.2 Å². The molecule has 5 heteroatoms. The molecule has 0 bridgehead atoms. The zero-order valence-corrected chi connectivity index (χ0v) is 11.0. The lowest BCUT2D eigenvalue weighted by atomic mass is 10.1. The van der Waals surface area contributed by atoms with Crippen molar-refractivity contribution in [2.75, 3.05) is 6.54 Å². The molecule has 0 heterocycles. The van der Waals surface area contributed by atoms with E-state index in [0.29, 0.717) is 5.56 Å². The monoisotopic (exact) mass is 277 g/mol. The number of hydrogen-bond donors (Lipinski definition) is 2. The highest BCUT2D eigenvalue weighted by Gasteiger charge is 2.15. The van der Waals surface area contributed by atoms with Crippen LogP contribution in [0.3, 0.4) is 0 Å². The Kier molecular flexibility index (Phi) is 4.31. The van der Waals surface area contributed by atoms with E-state index in [1.54, 1.807) is 42.5 Å². The molecule has 0 radical (unpaired) electrons. The fraction of sp³-hybridized carbons (Fsp3) is 0.143. The van der Waals surface area contributed by atoms with Gasteiger partial charge in [0.2, 0.25) is 10.0 Å². The van der Waals surface area contributed by atoms with Crippen molar-refractivity contribution in [1.29, 1.82) is 0 Å². The highest BCUT2D eigenvalue weighted by atomic mass is 32.2. The normalized spacial score (nSPS) is 13.1. The third kappa shape index (κ3) is 3.64. The van der Waals surface area contributed by atoms with Crippen LogP contribution in [0.15, 0.2) is 65.6 Å². The molecule has 1 atom stereocenters. The van der Waals surface area contributed by atoms with Gasteiger partial charge in [0.1, 0.15) is 0 Å². The predicted octanol–water partition coefficient (Wildman–Crippen LogP) is 1.70. The number of nitrogens with one attached hydrogen (secondary N) is 1. The zero-order chi connectivity index (χ0) is 13.7. The predicted molar refractivity (Wildman–Crippen MR) is 73.0 cm³/mol. The van der Waals surface area contributed by atoms with Gasteiger partial charge in [0.25, 0.3) is 0 Å². The molecule has 0 aliphatic heterocycles. The van der Waals surface area contributed by atoms with Crippen molar-refractivity contribution in [3.8, 4) is 0 Å². The van der Waals surface area contributed by atoms with Crippen molar-refractivity contribution in [3.63, 3.8) is 0 Å². The summed E-state index contributed by atoms with van der Waals surface area (Å²) in [6.07, 6.45) is -0.861. The Morgan fingerprint density at radius 3 is 2.05 bits per heavy atom. The summed E-state index contributed by atoms with van der Waals surface area (Å²) in [6.45, 7) is -0.0543. The summed E-state index contributed by atoms with van der Waals surface area (Å²) in [5.41, 5.74) is 0.679. The molecule has 0 aliphatic rings. The minimum Gasteiger partial charge on any atom is -0.387 e. The lowest BCUT2D eigenvalue weighted by Crippen LogP contribution is -2.28.